The molecular weight excluding hydrogens is 354 g/mol. The highest BCUT2D eigenvalue weighted by atomic mass is 35.5. The Hall–Kier alpha value is -2.61. The normalized spacial score (nSPS) is 11.4. The van der Waals surface area contributed by atoms with Crippen LogP contribution in [-0.4, -0.2) is 12.9 Å². The van der Waals surface area contributed by atoms with Crippen LogP contribution in [0.4, 0.5) is 0 Å². The number of nitrogens with zero attached hydrogens (tertiary/aromatic N) is 1. The summed E-state index contributed by atoms with van der Waals surface area (Å²) in [6.45, 7) is 1.88. The number of ketones is 1. The first-order valence-corrected chi connectivity index (χ1v) is 8.72. The molecule has 0 N–H and O–H groups in total. The summed E-state index contributed by atoms with van der Waals surface area (Å²) in [5.41, 5.74) is 1.72. The molecule has 25 heavy (non-hydrogen) atoms. The molecule has 1 heterocycles. The first kappa shape index (κ1) is 17.2. The zero-order valence-corrected chi connectivity index (χ0v) is 15.2. The van der Waals surface area contributed by atoms with Crippen molar-refractivity contribution in [3.05, 3.63) is 69.1 Å². The Morgan fingerprint density at radius 2 is 1.96 bits per heavy atom. The topological polar surface area (TPSA) is 50.1 Å². The van der Waals surface area contributed by atoms with Crippen molar-refractivity contribution in [2.24, 2.45) is 0 Å². The summed E-state index contributed by atoms with van der Waals surface area (Å²) < 4.78 is 6.09. The fraction of sp³-hybridized carbons (Fsp3) is 0.100. The number of rotatable bonds is 4. The molecule has 0 aliphatic heterocycles. The molecule has 0 spiro atoms. The van der Waals surface area contributed by atoms with Crippen LogP contribution in [0.25, 0.3) is 16.2 Å². The lowest BCUT2D eigenvalue weighted by Gasteiger charge is -2.01. The number of ether oxygens (including phenoxy) is 1. The Balaban J connectivity index is 2.01. The maximum atomic E-state index is 12.8. The Kier molecular flexibility index (Phi) is 4.89. The third kappa shape index (κ3) is 3.43. The SMILES string of the molecule is COc1ccc(C=C(C#N)C(=O)c2sc3ccc(Cl)cc3c2C)cc1. The van der Waals surface area contributed by atoms with Gasteiger partial charge in [-0.2, -0.15) is 5.26 Å². The number of nitriles is 1. The number of hydrogen-bond acceptors (Lipinski definition) is 4. The lowest BCUT2D eigenvalue weighted by Crippen LogP contribution is -2.01. The molecule has 0 aliphatic rings. The van der Waals surface area contributed by atoms with Gasteiger partial charge in [0.25, 0.3) is 0 Å². The van der Waals surface area contributed by atoms with Gasteiger partial charge in [-0.25, -0.2) is 0 Å². The first-order chi connectivity index (χ1) is 12.0. The van der Waals surface area contributed by atoms with Gasteiger partial charge in [-0.15, -0.1) is 11.3 Å². The van der Waals surface area contributed by atoms with E-state index in [0.29, 0.717) is 9.90 Å². The van der Waals surface area contributed by atoms with Gasteiger partial charge in [0.05, 0.1) is 12.0 Å². The van der Waals surface area contributed by atoms with Gasteiger partial charge in [0.2, 0.25) is 5.78 Å². The van der Waals surface area contributed by atoms with Crippen molar-refractivity contribution in [3.8, 4) is 11.8 Å². The maximum absolute atomic E-state index is 12.8. The minimum absolute atomic E-state index is 0.103. The van der Waals surface area contributed by atoms with E-state index in [1.807, 2.05) is 25.1 Å². The van der Waals surface area contributed by atoms with Gasteiger partial charge in [-0.3, -0.25) is 4.79 Å². The lowest BCUT2D eigenvalue weighted by molar-refractivity contribution is 0.104. The smallest absolute Gasteiger partial charge is 0.213 e. The van der Waals surface area contributed by atoms with Gasteiger partial charge in [-0.1, -0.05) is 23.7 Å². The number of methoxy groups -OCH3 is 1. The van der Waals surface area contributed by atoms with Gasteiger partial charge in [-0.05, 0) is 59.8 Å². The monoisotopic (exact) mass is 367 g/mol. The van der Waals surface area contributed by atoms with E-state index in [0.717, 1.165) is 27.0 Å². The van der Waals surface area contributed by atoms with Crippen molar-refractivity contribution in [2.45, 2.75) is 6.92 Å². The predicted octanol–water partition coefficient (Wildman–Crippen LogP) is 5.66. The van der Waals surface area contributed by atoms with Crippen molar-refractivity contribution in [3.63, 3.8) is 0 Å². The number of halogens is 1. The van der Waals surface area contributed by atoms with E-state index in [1.54, 1.807) is 43.5 Å². The minimum atomic E-state index is -0.270. The number of hydrogen-bond donors (Lipinski definition) is 0. The second-order valence-electron chi connectivity index (χ2n) is 5.47. The average molecular weight is 368 g/mol. The molecule has 5 heteroatoms. The number of carbonyl (C=O) groups excluding carboxylic acids is 1. The highest BCUT2D eigenvalue weighted by molar-refractivity contribution is 7.21. The number of benzene rings is 2. The van der Waals surface area contributed by atoms with Crippen LogP contribution in [0.15, 0.2) is 48.0 Å². The van der Waals surface area contributed by atoms with Gasteiger partial charge in [0.1, 0.15) is 17.4 Å². The third-order valence-corrected chi connectivity index (χ3v) is 5.40. The van der Waals surface area contributed by atoms with E-state index in [-0.39, 0.29) is 11.4 Å². The van der Waals surface area contributed by atoms with Crippen LogP contribution < -0.4 is 4.74 Å². The molecule has 0 saturated heterocycles. The zero-order chi connectivity index (χ0) is 18.0. The molecule has 124 valence electrons. The summed E-state index contributed by atoms with van der Waals surface area (Å²) in [6.07, 6.45) is 1.60. The second kappa shape index (κ2) is 7.10. The van der Waals surface area contributed by atoms with Crippen molar-refractivity contribution < 1.29 is 9.53 Å². The third-order valence-electron chi connectivity index (χ3n) is 3.90. The Bertz CT molecular complexity index is 1030. The fourth-order valence-corrected chi connectivity index (χ4v) is 3.86. The number of aryl methyl sites for hydroxylation is 1. The first-order valence-electron chi connectivity index (χ1n) is 7.52. The van der Waals surface area contributed by atoms with Crippen LogP contribution in [0.3, 0.4) is 0 Å². The summed E-state index contributed by atoms with van der Waals surface area (Å²) in [4.78, 5) is 13.4. The Morgan fingerprint density at radius 1 is 1.24 bits per heavy atom. The molecule has 1 aromatic heterocycles. The van der Waals surface area contributed by atoms with Gasteiger partial charge in [0, 0.05) is 9.72 Å². The van der Waals surface area contributed by atoms with Gasteiger partial charge >= 0.3 is 0 Å². The summed E-state index contributed by atoms with van der Waals surface area (Å²) in [5.74, 6) is 0.451. The maximum Gasteiger partial charge on any atom is 0.213 e. The Labute approximate surface area is 154 Å². The van der Waals surface area contributed by atoms with E-state index < -0.39 is 0 Å². The van der Waals surface area contributed by atoms with E-state index in [4.69, 9.17) is 16.3 Å². The Morgan fingerprint density at radius 3 is 2.60 bits per heavy atom. The van der Waals surface area contributed by atoms with Crippen LogP contribution in [0.1, 0.15) is 20.8 Å². The van der Waals surface area contributed by atoms with Crippen molar-refractivity contribution >= 4 is 44.9 Å². The van der Waals surface area contributed by atoms with Crippen LogP contribution in [0, 0.1) is 18.3 Å². The fourth-order valence-electron chi connectivity index (χ4n) is 2.55. The van der Waals surface area contributed by atoms with Crippen molar-refractivity contribution in [1.82, 2.24) is 0 Å². The molecule has 3 nitrogen and oxygen atoms in total. The van der Waals surface area contributed by atoms with Gasteiger partial charge in [0.15, 0.2) is 0 Å². The molecule has 2 aromatic carbocycles. The van der Waals surface area contributed by atoms with Crippen LogP contribution in [0.2, 0.25) is 5.02 Å². The number of allylic oxidation sites excluding steroid dienone is 1. The number of fused-ring (bicyclic) bond motifs is 1. The largest absolute Gasteiger partial charge is 0.497 e. The summed E-state index contributed by atoms with van der Waals surface area (Å²) in [6, 6.07) is 14.8. The summed E-state index contributed by atoms with van der Waals surface area (Å²) in [7, 11) is 1.59. The molecular formula is C20H14ClNO2S. The molecule has 0 radical (unpaired) electrons. The zero-order valence-electron chi connectivity index (χ0n) is 13.7. The molecule has 0 atom stereocenters. The van der Waals surface area contributed by atoms with Crippen LogP contribution >= 0.6 is 22.9 Å². The lowest BCUT2D eigenvalue weighted by atomic mass is 10.0. The van der Waals surface area contributed by atoms with Crippen molar-refractivity contribution in [2.75, 3.05) is 7.11 Å². The molecule has 0 amide bonds. The summed E-state index contributed by atoms with van der Waals surface area (Å²) in [5, 5.41) is 11.0. The van der Waals surface area contributed by atoms with Gasteiger partial charge < -0.3 is 4.74 Å². The number of Topliss-reactive ketones (excluding diaryl/α,β-unsaturated/α-hetero) is 1. The van der Waals surface area contributed by atoms with Crippen LogP contribution in [-0.2, 0) is 0 Å². The quantitative estimate of drug-likeness (QED) is 0.339. The van der Waals surface area contributed by atoms with E-state index in [1.165, 1.54) is 11.3 Å². The predicted molar refractivity (Wildman–Crippen MR) is 102 cm³/mol. The highest BCUT2D eigenvalue weighted by Crippen LogP contribution is 2.34. The van der Waals surface area contributed by atoms with Crippen molar-refractivity contribution in [1.29, 1.82) is 5.26 Å². The molecule has 3 rings (SSSR count). The second-order valence-corrected chi connectivity index (χ2v) is 6.96. The number of carbonyl (C=O) groups is 1. The van der Waals surface area contributed by atoms with E-state index in [2.05, 4.69) is 0 Å². The summed E-state index contributed by atoms with van der Waals surface area (Å²) >= 11 is 7.43. The molecule has 3 aromatic rings. The molecule has 0 aliphatic carbocycles. The van der Waals surface area contributed by atoms with E-state index >= 15 is 0 Å². The average Bonchev–Trinajstić information content (AvgIpc) is 2.96. The highest BCUT2D eigenvalue weighted by Gasteiger charge is 2.19. The minimum Gasteiger partial charge on any atom is -0.497 e. The molecule has 0 unspecified atom stereocenters. The molecule has 0 fully saturated rings. The van der Waals surface area contributed by atoms with E-state index in [9.17, 15) is 10.1 Å². The molecule has 0 bridgehead atoms. The standard InChI is InChI=1S/C20H14ClNO2S/c1-12-17-10-15(21)5-8-18(17)25-20(12)19(23)14(11-22)9-13-3-6-16(24-2)7-4-13/h3-10H,1-2H3. The molecule has 0 saturated carbocycles. The van der Waals surface area contributed by atoms with Crippen LogP contribution in [0.5, 0.6) is 5.75 Å². The number of thiophene rings is 1.